The predicted octanol–water partition coefficient (Wildman–Crippen LogP) is -0.506. The molecule has 5 atom stereocenters. The van der Waals surface area contributed by atoms with Crippen LogP contribution < -0.4 is 0 Å². The van der Waals surface area contributed by atoms with Gasteiger partial charge in [-0.1, -0.05) is 0 Å². The molecule has 7 nitrogen and oxygen atoms in total. The smallest absolute Gasteiger partial charge is 0.325 e. The number of rotatable bonds is 8. The van der Waals surface area contributed by atoms with Gasteiger partial charge in [-0.25, -0.2) is 0 Å². The van der Waals surface area contributed by atoms with Crippen LogP contribution in [0.15, 0.2) is 0 Å². The number of aliphatic hydroxyl groups is 1. The summed E-state index contributed by atoms with van der Waals surface area (Å²) in [7, 11) is 3.56. The second-order valence-electron chi connectivity index (χ2n) is 4.38. The second kappa shape index (κ2) is 7.74. The molecule has 1 aliphatic rings. The van der Waals surface area contributed by atoms with Gasteiger partial charge in [0.1, 0.15) is 26.2 Å². The Bertz CT molecular complexity index is 310. The number of methoxy groups -OCH3 is 1. The van der Waals surface area contributed by atoms with E-state index in [1.165, 1.54) is 7.11 Å². The van der Waals surface area contributed by atoms with Crippen molar-refractivity contribution < 1.29 is 33.3 Å². The van der Waals surface area contributed by atoms with Crippen LogP contribution in [0.5, 0.6) is 0 Å². The first-order chi connectivity index (χ1) is 8.89. The summed E-state index contributed by atoms with van der Waals surface area (Å²) >= 11 is 0. The zero-order valence-electron chi connectivity index (χ0n) is 11.1. The van der Waals surface area contributed by atoms with Crippen LogP contribution in [0.2, 0.25) is 0 Å². The summed E-state index contributed by atoms with van der Waals surface area (Å²) in [5.74, 6) is 0. The number of hydrogen-bond acceptors (Lipinski definition) is 6. The van der Waals surface area contributed by atoms with Crippen molar-refractivity contribution in [1.29, 1.82) is 0 Å². The van der Waals surface area contributed by atoms with Crippen LogP contribution in [0.1, 0.15) is 6.42 Å². The molecule has 1 aliphatic heterocycles. The van der Waals surface area contributed by atoms with Gasteiger partial charge in [-0.05, 0) is 6.42 Å². The fourth-order valence-electron chi connectivity index (χ4n) is 1.88. The summed E-state index contributed by atoms with van der Waals surface area (Å²) in [5.41, 5.74) is 0. The average molecular weight is 294 g/mol. The topological polar surface area (TPSA) is 94.5 Å². The van der Waals surface area contributed by atoms with Crippen molar-refractivity contribution in [3.8, 4) is 0 Å². The summed E-state index contributed by atoms with van der Waals surface area (Å²) < 4.78 is 32.4. The highest BCUT2D eigenvalue weighted by atomic mass is 31.2. The molecule has 0 saturated carbocycles. The molecule has 1 saturated heterocycles. The Kier molecular flexibility index (Phi) is 6.97. The molecule has 0 aliphatic carbocycles. The van der Waals surface area contributed by atoms with Crippen molar-refractivity contribution in [1.82, 2.24) is 0 Å². The van der Waals surface area contributed by atoms with Crippen LogP contribution in [0.3, 0.4) is 0 Å². The Morgan fingerprint density at radius 1 is 1.42 bits per heavy atom. The third kappa shape index (κ3) is 5.51. The molecule has 1 heterocycles. The molecule has 9 heteroatoms. The van der Waals surface area contributed by atoms with E-state index in [0.29, 0.717) is 6.42 Å². The first-order valence-electron chi connectivity index (χ1n) is 6.00. The summed E-state index contributed by atoms with van der Waals surface area (Å²) in [6, 6.07) is -0.768. The van der Waals surface area contributed by atoms with Gasteiger partial charge in [-0.15, -0.1) is 0 Å². The van der Waals surface area contributed by atoms with E-state index in [-0.39, 0.29) is 19.8 Å². The molecule has 0 spiro atoms. The van der Waals surface area contributed by atoms with Crippen molar-refractivity contribution in [2.75, 3.05) is 33.6 Å². The van der Waals surface area contributed by atoms with Crippen molar-refractivity contribution in [3.05, 3.63) is 0 Å². The molecule has 110 valence electrons. The van der Waals surface area contributed by atoms with Crippen LogP contribution in [-0.4, -0.2) is 75.8 Å². The normalized spacial score (nSPS) is 34.3. The zero-order valence-corrected chi connectivity index (χ0v) is 12.0. The highest BCUT2D eigenvalue weighted by Crippen LogP contribution is 2.42. The molecule has 0 aromatic carbocycles. The van der Waals surface area contributed by atoms with Crippen LogP contribution >= 0.6 is 7.60 Å². The quantitative estimate of drug-likeness (QED) is 0.354. The Hall–Kier alpha value is 0.0549. The highest BCUT2D eigenvalue weighted by Gasteiger charge is 2.45. The molecule has 0 aromatic heterocycles. The van der Waals surface area contributed by atoms with E-state index >= 15 is 0 Å². The van der Waals surface area contributed by atoms with Gasteiger partial charge in [0.2, 0.25) is 0 Å². The van der Waals surface area contributed by atoms with Gasteiger partial charge in [0.25, 0.3) is 0 Å². The van der Waals surface area contributed by atoms with Crippen LogP contribution in [0, 0.1) is 0 Å². The van der Waals surface area contributed by atoms with Gasteiger partial charge in [0, 0.05) is 33.0 Å². The van der Waals surface area contributed by atoms with Crippen molar-refractivity contribution in [2.45, 2.75) is 30.7 Å². The third-order valence-electron chi connectivity index (χ3n) is 2.61. The molecule has 19 heavy (non-hydrogen) atoms. The molecule has 2 N–H and O–H groups in total. The molecule has 1 fully saturated rings. The van der Waals surface area contributed by atoms with E-state index < -0.39 is 31.9 Å². The van der Waals surface area contributed by atoms with Crippen molar-refractivity contribution in [2.24, 2.45) is 0 Å². The maximum Gasteiger partial charge on any atom is 0.325 e. The average Bonchev–Trinajstić information content (AvgIpc) is 2.56. The van der Waals surface area contributed by atoms with Crippen LogP contribution in [0.25, 0.3) is 0 Å². The van der Waals surface area contributed by atoms with E-state index in [9.17, 15) is 9.46 Å². The lowest BCUT2D eigenvalue weighted by molar-refractivity contribution is -0.0266. The summed E-state index contributed by atoms with van der Waals surface area (Å²) in [5, 5.41) is 8.72. The zero-order chi connectivity index (χ0) is 14.5. The van der Waals surface area contributed by atoms with E-state index in [0.717, 1.165) is 6.66 Å². The van der Waals surface area contributed by atoms with Gasteiger partial charge in [-0.2, -0.15) is 0 Å². The fraction of sp³-hybridized carbons (Fsp3) is 1.00. The summed E-state index contributed by atoms with van der Waals surface area (Å²) in [6.45, 7) is 1.52. The maximum absolute atomic E-state index is 11.4. The molecular weight excluding hydrogens is 274 g/mol. The molecule has 0 aromatic rings. The minimum Gasteiger partial charge on any atom is -0.396 e. The summed E-state index contributed by atoms with van der Waals surface area (Å²) in [4.78, 5) is 9.34. The molecule has 2 radical (unpaired) electrons. The minimum atomic E-state index is -3.70. The van der Waals surface area contributed by atoms with E-state index in [1.807, 2.05) is 0 Å². The number of ether oxygens (including phenoxy) is 3. The first-order valence-corrected chi connectivity index (χ1v) is 8.02. The van der Waals surface area contributed by atoms with Gasteiger partial charge < -0.3 is 24.2 Å². The largest absolute Gasteiger partial charge is 0.396 e. The second-order valence-corrected chi connectivity index (χ2v) is 6.20. The predicted molar refractivity (Wildman–Crippen MR) is 68.4 cm³/mol. The minimum absolute atomic E-state index is 0.0118. The third-order valence-corrected chi connectivity index (χ3v) is 3.24. The Morgan fingerprint density at radius 3 is 2.63 bits per heavy atom. The molecule has 0 bridgehead atoms. The molecule has 1 rings (SSSR count). The van der Waals surface area contributed by atoms with Gasteiger partial charge in [0.15, 0.2) is 0 Å². The van der Waals surface area contributed by atoms with Crippen LogP contribution in [0.4, 0.5) is 0 Å². The number of aliphatic hydroxyl groups excluding tert-OH is 1. The molecule has 0 amide bonds. The van der Waals surface area contributed by atoms with Gasteiger partial charge in [0.05, 0.1) is 6.61 Å². The van der Waals surface area contributed by atoms with Gasteiger partial charge in [-0.3, -0.25) is 9.09 Å². The van der Waals surface area contributed by atoms with Gasteiger partial charge >= 0.3 is 7.60 Å². The summed E-state index contributed by atoms with van der Waals surface area (Å²) in [6.07, 6.45) is -1.59. The molecule has 2 unspecified atom stereocenters. The SMILES string of the molecule is [B][C@@H]1O[C@H](COC)[C@H](OP(C)(=O)O)C1OCCCO. The lowest BCUT2D eigenvalue weighted by atomic mass is 9.93. The van der Waals surface area contributed by atoms with E-state index in [2.05, 4.69) is 0 Å². The van der Waals surface area contributed by atoms with E-state index in [1.54, 1.807) is 0 Å². The number of hydrogen-bond donors (Lipinski definition) is 2. The highest BCUT2D eigenvalue weighted by molar-refractivity contribution is 7.51. The lowest BCUT2D eigenvalue weighted by Crippen LogP contribution is -2.38. The van der Waals surface area contributed by atoms with Crippen LogP contribution in [-0.2, 0) is 23.3 Å². The molecular formula is C10H20BO7P. The fourth-order valence-corrected chi connectivity index (χ4v) is 2.59. The van der Waals surface area contributed by atoms with E-state index in [4.69, 9.17) is 31.7 Å². The Labute approximate surface area is 114 Å². The maximum atomic E-state index is 11.4. The van der Waals surface area contributed by atoms with Crippen molar-refractivity contribution in [3.63, 3.8) is 0 Å². The Balaban J connectivity index is 2.70. The first kappa shape index (κ1) is 17.1. The standard InChI is InChI=1S/C10H20BO7P/c1-15-6-7-8(18-19(2,13)14)9(10(11)17-7)16-5-3-4-12/h7-10,12H,3-6H2,1-2H3,(H,13,14)/t7-,8+,9?,10-/m1/s1. The van der Waals surface area contributed by atoms with Crippen molar-refractivity contribution >= 4 is 15.4 Å². The Morgan fingerprint density at radius 2 is 2.11 bits per heavy atom. The monoisotopic (exact) mass is 294 g/mol. The lowest BCUT2D eigenvalue weighted by Gasteiger charge is -2.25.